The fourth-order valence-corrected chi connectivity index (χ4v) is 2.72. The summed E-state index contributed by atoms with van der Waals surface area (Å²) in [5, 5.41) is 2.88. The van der Waals surface area contributed by atoms with Gasteiger partial charge in [-0.3, -0.25) is 4.79 Å². The van der Waals surface area contributed by atoms with E-state index in [1.165, 1.54) is 0 Å². The van der Waals surface area contributed by atoms with E-state index in [4.69, 9.17) is 14.2 Å². The van der Waals surface area contributed by atoms with Gasteiger partial charge in [-0.1, -0.05) is 24.3 Å². The molecule has 0 spiro atoms. The summed E-state index contributed by atoms with van der Waals surface area (Å²) in [7, 11) is 1.57. The Bertz CT molecular complexity index is 720. The zero-order chi connectivity index (χ0) is 17.5. The van der Waals surface area contributed by atoms with Crippen molar-refractivity contribution in [2.45, 2.75) is 0 Å². The van der Waals surface area contributed by atoms with E-state index < -0.39 is 0 Å². The minimum Gasteiger partial charge on any atom is -0.493 e. The number of carbonyl (C=O) groups is 1. The van der Waals surface area contributed by atoms with Crippen LogP contribution in [0.4, 0.5) is 5.69 Å². The van der Waals surface area contributed by atoms with Gasteiger partial charge < -0.3 is 24.4 Å². The summed E-state index contributed by atoms with van der Waals surface area (Å²) in [6.07, 6.45) is 0. The number of rotatable bonds is 7. The molecule has 0 fully saturated rings. The van der Waals surface area contributed by atoms with Crippen LogP contribution in [0.2, 0.25) is 0 Å². The molecular weight excluding hydrogens is 320 g/mol. The van der Waals surface area contributed by atoms with Crippen molar-refractivity contribution in [1.29, 1.82) is 0 Å². The Hall–Kier alpha value is -2.89. The van der Waals surface area contributed by atoms with Gasteiger partial charge in [0.15, 0.2) is 18.1 Å². The van der Waals surface area contributed by atoms with Crippen LogP contribution in [0, 0.1) is 0 Å². The Labute approximate surface area is 147 Å². The molecule has 132 valence electrons. The first-order valence-corrected chi connectivity index (χ1v) is 8.27. The summed E-state index contributed by atoms with van der Waals surface area (Å²) in [5.74, 6) is 1.90. The van der Waals surface area contributed by atoms with Crippen molar-refractivity contribution in [3.63, 3.8) is 0 Å². The molecule has 1 amide bonds. The summed E-state index contributed by atoms with van der Waals surface area (Å²) < 4.78 is 16.3. The first-order chi connectivity index (χ1) is 12.3. The molecule has 0 aromatic heterocycles. The maximum atomic E-state index is 12.0. The lowest BCUT2D eigenvalue weighted by atomic mass is 10.2. The number of para-hydroxylation sites is 4. The van der Waals surface area contributed by atoms with Crippen LogP contribution in [0.25, 0.3) is 0 Å². The third-order valence-electron chi connectivity index (χ3n) is 3.96. The maximum absolute atomic E-state index is 12.0. The second-order valence-corrected chi connectivity index (χ2v) is 5.59. The molecule has 1 aliphatic heterocycles. The summed E-state index contributed by atoms with van der Waals surface area (Å²) in [6.45, 7) is 2.69. The molecule has 0 aliphatic carbocycles. The van der Waals surface area contributed by atoms with Crippen LogP contribution in [0.15, 0.2) is 48.5 Å². The van der Waals surface area contributed by atoms with Crippen LogP contribution < -0.4 is 24.4 Å². The van der Waals surface area contributed by atoms with E-state index in [1.54, 1.807) is 19.2 Å². The van der Waals surface area contributed by atoms with Crippen molar-refractivity contribution in [2.24, 2.45) is 0 Å². The quantitative estimate of drug-likeness (QED) is 0.835. The first kappa shape index (κ1) is 17.0. The maximum Gasteiger partial charge on any atom is 0.258 e. The number of amides is 1. The van der Waals surface area contributed by atoms with Gasteiger partial charge in [0.1, 0.15) is 12.4 Å². The number of ether oxygens (including phenoxy) is 3. The van der Waals surface area contributed by atoms with Gasteiger partial charge in [0.05, 0.1) is 19.3 Å². The number of nitrogens with one attached hydrogen (secondary N) is 1. The molecule has 0 saturated carbocycles. The Morgan fingerprint density at radius 1 is 1.16 bits per heavy atom. The smallest absolute Gasteiger partial charge is 0.258 e. The van der Waals surface area contributed by atoms with Crippen molar-refractivity contribution < 1.29 is 19.0 Å². The summed E-state index contributed by atoms with van der Waals surface area (Å²) in [6, 6.07) is 15.2. The van der Waals surface area contributed by atoms with Gasteiger partial charge in [-0.05, 0) is 24.3 Å². The van der Waals surface area contributed by atoms with Crippen molar-refractivity contribution in [2.75, 3.05) is 44.9 Å². The third kappa shape index (κ3) is 4.35. The molecule has 6 heteroatoms. The van der Waals surface area contributed by atoms with Gasteiger partial charge in [-0.25, -0.2) is 0 Å². The van der Waals surface area contributed by atoms with E-state index in [9.17, 15) is 4.79 Å². The number of fused-ring (bicyclic) bond motifs is 1. The summed E-state index contributed by atoms with van der Waals surface area (Å²) in [4.78, 5) is 14.2. The SMILES string of the molecule is COc1ccccc1OCC(=O)NCCN1CCOc2ccccc21. The lowest BCUT2D eigenvalue weighted by Crippen LogP contribution is -2.40. The Morgan fingerprint density at radius 3 is 2.76 bits per heavy atom. The highest BCUT2D eigenvalue weighted by molar-refractivity contribution is 5.77. The van der Waals surface area contributed by atoms with E-state index in [1.807, 2.05) is 36.4 Å². The largest absolute Gasteiger partial charge is 0.493 e. The topological polar surface area (TPSA) is 60.0 Å². The highest BCUT2D eigenvalue weighted by Gasteiger charge is 2.17. The van der Waals surface area contributed by atoms with Crippen molar-refractivity contribution in [1.82, 2.24) is 5.32 Å². The number of hydrogen-bond acceptors (Lipinski definition) is 5. The molecule has 0 bridgehead atoms. The van der Waals surface area contributed by atoms with Gasteiger partial charge in [0, 0.05) is 13.1 Å². The number of carbonyl (C=O) groups excluding carboxylic acids is 1. The van der Waals surface area contributed by atoms with Crippen LogP contribution in [-0.2, 0) is 4.79 Å². The molecule has 2 aromatic rings. The number of methoxy groups -OCH3 is 1. The lowest BCUT2D eigenvalue weighted by molar-refractivity contribution is -0.123. The van der Waals surface area contributed by atoms with E-state index in [2.05, 4.69) is 10.2 Å². The molecule has 1 N–H and O–H groups in total. The second kappa shape index (κ2) is 8.28. The number of benzene rings is 2. The first-order valence-electron chi connectivity index (χ1n) is 8.27. The molecular formula is C19H22N2O4. The van der Waals surface area contributed by atoms with E-state index in [0.29, 0.717) is 24.7 Å². The average Bonchev–Trinajstić information content (AvgIpc) is 2.67. The minimum absolute atomic E-state index is 0.0416. The van der Waals surface area contributed by atoms with E-state index in [0.717, 1.165) is 24.5 Å². The number of hydrogen-bond donors (Lipinski definition) is 1. The normalized spacial score (nSPS) is 12.8. The molecule has 0 atom stereocenters. The monoisotopic (exact) mass is 342 g/mol. The van der Waals surface area contributed by atoms with E-state index >= 15 is 0 Å². The predicted octanol–water partition coefficient (Wildman–Crippen LogP) is 2.09. The van der Waals surface area contributed by atoms with Crippen LogP contribution >= 0.6 is 0 Å². The third-order valence-corrected chi connectivity index (χ3v) is 3.96. The highest BCUT2D eigenvalue weighted by Crippen LogP contribution is 2.30. The van der Waals surface area contributed by atoms with Crippen LogP contribution in [0.5, 0.6) is 17.2 Å². The van der Waals surface area contributed by atoms with Crippen LogP contribution in [-0.4, -0.2) is 45.9 Å². The Morgan fingerprint density at radius 2 is 1.92 bits per heavy atom. The molecule has 1 heterocycles. The molecule has 0 unspecified atom stereocenters. The van der Waals surface area contributed by atoms with Gasteiger partial charge in [-0.2, -0.15) is 0 Å². The molecule has 3 rings (SSSR count). The van der Waals surface area contributed by atoms with Crippen molar-refractivity contribution >= 4 is 11.6 Å². The Balaban J connectivity index is 1.44. The average molecular weight is 342 g/mol. The van der Waals surface area contributed by atoms with E-state index in [-0.39, 0.29) is 12.5 Å². The number of anilines is 1. The predicted molar refractivity (Wildman–Crippen MR) is 95.6 cm³/mol. The molecule has 25 heavy (non-hydrogen) atoms. The zero-order valence-electron chi connectivity index (χ0n) is 14.2. The minimum atomic E-state index is -0.160. The molecule has 6 nitrogen and oxygen atoms in total. The van der Waals surface area contributed by atoms with Gasteiger partial charge in [-0.15, -0.1) is 0 Å². The highest BCUT2D eigenvalue weighted by atomic mass is 16.5. The molecule has 0 radical (unpaired) electrons. The van der Waals surface area contributed by atoms with Crippen LogP contribution in [0.1, 0.15) is 0 Å². The fourth-order valence-electron chi connectivity index (χ4n) is 2.72. The fraction of sp³-hybridized carbons (Fsp3) is 0.316. The molecule has 0 saturated heterocycles. The van der Waals surface area contributed by atoms with Gasteiger partial charge in [0.25, 0.3) is 5.91 Å². The summed E-state index contributed by atoms with van der Waals surface area (Å²) in [5.41, 5.74) is 1.06. The lowest BCUT2D eigenvalue weighted by Gasteiger charge is -2.31. The molecule has 1 aliphatic rings. The van der Waals surface area contributed by atoms with Gasteiger partial charge in [0.2, 0.25) is 0 Å². The number of nitrogens with zero attached hydrogens (tertiary/aromatic N) is 1. The van der Waals surface area contributed by atoms with Gasteiger partial charge >= 0.3 is 0 Å². The van der Waals surface area contributed by atoms with Crippen molar-refractivity contribution in [3.8, 4) is 17.2 Å². The summed E-state index contributed by atoms with van der Waals surface area (Å²) >= 11 is 0. The zero-order valence-corrected chi connectivity index (χ0v) is 14.2. The van der Waals surface area contributed by atoms with Crippen molar-refractivity contribution in [3.05, 3.63) is 48.5 Å². The standard InChI is InChI=1S/C19H22N2O4/c1-23-17-8-4-5-9-18(17)25-14-19(22)20-10-11-21-12-13-24-16-7-3-2-6-15(16)21/h2-9H,10-14H2,1H3,(H,20,22). The second-order valence-electron chi connectivity index (χ2n) is 5.59. The molecule has 2 aromatic carbocycles. The van der Waals surface area contributed by atoms with Crippen LogP contribution in [0.3, 0.4) is 0 Å². The Kier molecular flexibility index (Phi) is 5.61.